The van der Waals surface area contributed by atoms with Gasteiger partial charge in [-0.15, -0.1) is 0 Å². The van der Waals surface area contributed by atoms with Crippen LogP contribution in [0.2, 0.25) is 0 Å². The average Bonchev–Trinajstić information content (AvgIpc) is 3.00. The molecule has 41 heavy (non-hydrogen) atoms. The minimum atomic E-state index is -1.11. The first-order valence-corrected chi connectivity index (χ1v) is 13.8. The molecule has 9 nitrogen and oxygen atoms in total. The SMILES string of the molecule is CC(=O)N[C@H]1[C@@H](OC[C@@H](O)CO)O[C@H](COCc2ccccc2)[C@@H](OCc2ccccc2)[C@@H]1OCc1ccccc1. The van der Waals surface area contributed by atoms with Gasteiger partial charge in [-0.05, 0) is 16.7 Å². The number of rotatable bonds is 15. The zero-order valence-electron chi connectivity index (χ0n) is 23.2. The van der Waals surface area contributed by atoms with E-state index in [1.165, 1.54) is 6.92 Å². The minimum Gasteiger partial charge on any atom is -0.394 e. The average molecular weight is 566 g/mol. The van der Waals surface area contributed by atoms with Crippen molar-refractivity contribution in [2.75, 3.05) is 19.8 Å². The zero-order valence-corrected chi connectivity index (χ0v) is 23.2. The molecule has 0 aromatic heterocycles. The number of nitrogens with one attached hydrogen (secondary N) is 1. The largest absolute Gasteiger partial charge is 0.394 e. The second-order valence-corrected chi connectivity index (χ2v) is 9.96. The number of carbonyl (C=O) groups excluding carboxylic acids is 1. The van der Waals surface area contributed by atoms with Crippen LogP contribution < -0.4 is 5.32 Å². The van der Waals surface area contributed by atoms with E-state index in [2.05, 4.69) is 5.32 Å². The Hall–Kier alpha value is -3.15. The lowest BCUT2D eigenvalue weighted by Gasteiger charge is -2.46. The Balaban J connectivity index is 1.60. The van der Waals surface area contributed by atoms with Crippen LogP contribution in [-0.4, -0.2) is 72.7 Å². The highest BCUT2D eigenvalue weighted by molar-refractivity contribution is 5.73. The summed E-state index contributed by atoms with van der Waals surface area (Å²) in [4.78, 5) is 12.3. The molecule has 1 saturated heterocycles. The Morgan fingerprint density at radius 2 is 1.32 bits per heavy atom. The van der Waals surface area contributed by atoms with Crippen LogP contribution >= 0.6 is 0 Å². The molecule has 3 aromatic carbocycles. The van der Waals surface area contributed by atoms with Gasteiger partial charge >= 0.3 is 0 Å². The smallest absolute Gasteiger partial charge is 0.217 e. The van der Waals surface area contributed by atoms with Crippen LogP contribution in [0.15, 0.2) is 91.0 Å². The monoisotopic (exact) mass is 565 g/mol. The number of aliphatic hydroxyl groups excluding tert-OH is 2. The van der Waals surface area contributed by atoms with Crippen molar-refractivity contribution in [1.82, 2.24) is 5.32 Å². The number of hydrogen-bond donors (Lipinski definition) is 3. The summed E-state index contributed by atoms with van der Waals surface area (Å²) in [7, 11) is 0. The van der Waals surface area contributed by atoms with Crippen molar-refractivity contribution in [3.63, 3.8) is 0 Å². The van der Waals surface area contributed by atoms with Gasteiger partial charge in [0.1, 0.15) is 30.5 Å². The molecule has 4 rings (SSSR count). The molecule has 0 unspecified atom stereocenters. The van der Waals surface area contributed by atoms with E-state index in [9.17, 15) is 15.0 Å². The van der Waals surface area contributed by atoms with Gasteiger partial charge in [-0.1, -0.05) is 91.0 Å². The van der Waals surface area contributed by atoms with Crippen molar-refractivity contribution >= 4 is 5.91 Å². The van der Waals surface area contributed by atoms with Gasteiger partial charge in [0.15, 0.2) is 6.29 Å². The molecule has 220 valence electrons. The number of hydrogen-bond acceptors (Lipinski definition) is 8. The molecule has 1 aliphatic heterocycles. The van der Waals surface area contributed by atoms with Gasteiger partial charge < -0.3 is 39.2 Å². The second-order valence-electron chi connectivity index (χ2n) is 9.96. The summed E-state index contributed by atoms with van der Waals surface area (Å²) < 4.78 is 31.3. The first-order valence-electron chi connectivity index (χ1n) is 13.8. The molecular weight excluding hydrogens is 526 g/mol. The van der Waals surface area contributed by atoms with Crippen LogP contribution in [0.5, 0.6) is 0 Å². The highest BCUT2D eigenvalue weighted by Crippen LogP contribution is 2.29. The Morgan fingerprint density at radius 1 is 0.805 bits per heavy atom. The maximum absolute atomic E-state index is 12.3. The van der Waals surface area contributed by atoms with Gasteiger partial charge in [0.25, 0.3) is 0 Å². The van der Waals surface area contributed by atoms with E-state index in [1.807, 2.05) is 91.0 Å². The summed E-state index contributed by atoms with van der Waals surface area (Å²) in [5, 5.41) is 22.2. The third-order valence-corrected chi connectivity index (χ3v) is 6.64. The zero-order chi connectivity index (χ0) is 28.9. The van der Waals surface area contributed by atoms with Crippen molar-refractivity contribution in [2.45, 2.75) is 63.5 Å². The van der Waals surface area contributed by atoms with Gasteiger partial charge in [-0.2, -0.15) is 0 Å². The quantitative estimate of drug-likeness (QED) is 0.258. The van der Waals surface area contributed by atoms with Crippen LogP contribution in [0.3, 0.4) is 0 Å². The van der Waals surface area contributed by atoms with Crippen molar-refractivity contribution in [2.24, 2.45) is 0 Å². The third kappa shape index (κ3) is 9.72. The molecule has 1 fully saturated rings. The van der Waals surface area contributed by atoms with Crippen LogP contribution in [0.25, 0.3) is 0 Å². The maximum Gasteiger partial charge on any atom is 0.217 e. The molecule has 0 bridgehead atoms. The van der Waals surface area contributed by atoms with Gasteiger partial charge in [0.05, 0.1) is 39.6 Å². The van der Waals surface area contributed by atoms with Gasteiger partial charge in [0, 0.05) is 6.92 Å². The Morgan fingerprint density at radius 3 is 1.83 bits per heavy atom. The highest BCUT2D eigenvalue weighted by Gasteiger charge is 2.48. The topological polar surface area (TPSA) is 116 Å². The van der Waals surface area contributed by atoms with E-state index in [1.54, 1.807) is 0 Å². The van der Waals surface area contributed by atoms with E-state index in [0.717, 1.165) is 16.7 Å². The molecular formula is C32H39NO8. The second kappa shape index (κ2) is 16.3. The number of aliphatic hydroxyl groups is 2. The van der Waals surface area contributed by atoms with Gasteiger partial charge in [-0.3, -0.25) is 4.79 Å². The molecule has 3 N–H and O–H groups in total. The van der Waals surface area contributed by atoms with Crippen LogP contribution in [0.1, 0.15) is 23.6 Å². The minimum absolute atomic E-state index is 0.161. The summed E-state index contributed by atoms with van der Waals surface area (Å²) in [6, 6.07) is 28.5. The Labute approximate surface area is 241 Å². The normalized spacial score (nSPS) is 23.1. The molecule has 0 aliphatic carbocycles. The summed E-state index contributed by atoms with van der Waals surface area (Å²) in [5.74, 6) is -0.302. The van der Waals surface area contributed by atoms with Crippen LogP contribution in [-0.2, 0) is 48.3 Å². The van der Waals surface area contributed by atoms with Crippen molar-refractivity contribution < 1.29 is 38.7 Å². The van der Waals surface area contributed by atoms with Crippen LogP contribution in [0.4, 0.5) is 0 Å². The summed E-state index contributed by atoms with van der Waals surface area (Å²) in [6.07, 6.45) is -4.08. The van der Waals surface area contributed by atoms with Crippen molar-refractivity contribution in [3.05, 3.63) is 108 Å². The van der Waals surface area contributed by atoms with E-state index >= 15 is 0 Å². The lowest BCUT2D eigenvalue weighted by molar-refractivity contribution is -0.294. The summed E-state index contributed by atoms with van der Waals surface area (Å²) in [5.41, 5.74) is 2.93. The molecule has 6 atom stereocenters. The molecule has 3 aromatic rings. The molecule has 0 radical (unpaired) electrons. The molecule has 9 heteroatoms. The fraction of sp³-hybridized carbons (Fsp3) is 0.406. The number of carbonyl (C=O) groups is 1. The predicted octanol–water partition coefficient (Wildman–Crippen LogP) is 2.97. The first kappa shape index (κ1) is 30.8. The van der Waals surface area contributed by atoms with E-state index in [4.69, 9.17) is 23.7 Å². The molecule has 1 aliphatic rings. The third-order valence-electron chi connectivity index (χ3n) is 6.64. The number of amides is 1. The van der Waals surface area contributed by atoms with Crippen LogP contribution in [0, 0.1) is 0 Å². The lowest BCUT2D eigenvalue weighted by atomic mass is 9.95. The molecule has 0 saturated carbocycles. The van der Waals surface area contributed by atoms with Crippen molar-refractivity contribution in [1.29, 1.82) is 0 Å². The Kier molecular flexibility index (Phi) is 12.3. The van der Waals surface area contributed by atoms with E-state index in [-0.39, 0.29) is 32.3 Å². The predicted molar refractivity (Wildman–Crippen MR) is 151 cm³/mol. The highest BCUT2D eigenvalue weighted by atomic mass is 16.7. The summed E-state index contributed by atoms with van der Waals surface area (Å²) in [6.45, 7) is 1.81. The number of ether oxygens (including phenoxy) is 5. The van der Waals surface area contributed by atoms with E-state index < -0.39 is 43.4 Å². The number of benzene rings is 3. The standard InChI is InChI=1S/C32H39NO8/c1-23(35)33-29-31(39-20-26-15-9-4-10-16-26)30(38-19-25-13-7-3-8-14-25)28(41-32(29)40-21-27(36)17-34)22-37-18-24-11-5-2-6-12-24/h2-16,27-32,34,36H,17-22H2,1H3,(H,33,35)/t27-,28+,29+,30+,31+,32-/m0/s1. The summed E-state index contributed by atoms with van der Waals surface area (Å²) >= 11 is 0. The fourth-order valence-electron chi connectivity index (χ4n) is 4.63. The van der Waals surface area contributed by atoms with E-state index in [0.29, 0.717) is 6.61 Å². The first-order chi connectivity index (χ1) is 20.0. The lowest BCUT2D eigenvalue weighted by Crippen LogP contribution is -2.66. The van der Waals surface area contributed by atoms with Crippen molar-refractivity contribution in [3.8, 4) is 0 Å². The Bertz CT molecular complexity index is 1150. The fourth-order valence-corrected chi connectivity index (χ4v) is 4.63. The molecule has 0 spiro atoms. The molecule has 1 heterocycles. The molecule has 1 amide bonds. The maximum atomic E-state index is 12.3. The van der Waals surface area contributed by atoms with Gasteiger partial charge in [0.2, 0.25) is 5.91 Å². The van der Waals surface area contributed by atoms with Gasteiger partial charge in [-0.25, -0.2) is 0 Å².